The Hall–Kier alpha value is -0.440. The van der Waals surface area contributed by atoms with Crippen molar-refractivity contribution in [3.8, 4) is 0 Å². The molecule has 0 radical (unpaired) electrons. The van der Waals surface area contributed by atoms with Crippen LogP contribution in [0, 0.1) is 0 Å². The molecular weight excluding hydrogens is 244 g/mol. The number of carbonyl (C=O) groups excluding carboxylic acids is 1. The fourth-order valence-corrected chi connectivity index (χ4v) is 1.94. The van der Waals surface area contributed by atoms with Gasteiger partial charge in [0.2, 0.25) is 10.8 Å². The third-order valence-corrected chi connectivity index (χ3v) is 3.42. The number of hydrogen-bond acceptors (Lipinski definition) is 3. The van der Waals surface area contributed by atoms with Crippen LogP contribution in [0.5, 0.6) is 0 Å². The van der Waals surface area contributed by atoms with E-state index in [9.17, 15) is 4.79 Å². The summed E-state index contributed by atoms with van der Waals surface area (Å²) in [6, 6.07) is 0. The molecule has 0 N–H and O–H groups in total. The second kappa shape index (κ2) is 13.0. The highest BCUT2D eigenvalue weighted by Gasteiger charge is 2.02. The van der Waals surface area contributed by atoms with E-state index in [0.717, 1.165) is 6.42 Å². The van der Waals surface area contributed by atoms with E-state index in [4.69, 9.17) is 17.0 Å². The molecule has 0 saturated carbocycles. The van der Waals surface area contributed by atoms with Gasteiger partial charge in [0.1, 0.15) is 0 Å². The monoisotopic (exact) mass is 272 g/mol. The molecule has 0 spiro atoms. The Morgan fingerprint density at radius 2 is 1.33 bits per heavy atom. The second-order valence-electron chi connectivity index (χ2n) is 4.87. The fourth-order valence-electron chi connectivity index (χ4n) is 1.86. The van der Waals surface area contributed by atoms with Crippen LogP contribution in [0.25, 0.3) is 0 Å². The van der Waals surface area contributed by atoms with Gasteiger partial charge in [-0.2, -0.15) is 0 Å². The molecule has 0 aliphatic heterocycles. The average molecular weight is 272 g/mol. The largest absolute Gasteiger partial charge is 0.481 e. The summed E-state index contributed by atoms with van der Waals surface area (Å²) in [7, 11) is 0. The number of thiocarbonyl (C=S) groups is 1. The van der Waals surface area contributed by atoms with Gasteiger partial charge < -0.3 is 4.74 Å². The lowest BCUT2D eigenvalue weighted by Crippen LogP contribution is -2.11. The number of rotatable bonds is 12. The van der Waals surface area contributed by atoms with E-state index in [2.05, 4.69) is 6.92 Å². The normalized spacial score (nSPS) is 10.3. The van der Waals surface area contributed by atoms with Crippen LogP contribution < -0.4 is 0 Å². The second-order valence-corrected chi connectivity index (χ2v) is 5.24. The minimum Gasteiger partial charge on any atom is -0.481 e. The molecule has 3 heteroatoms. The van der Waals surface area contributed by atoms with Crippen molar-refractivity contribution in [2.75, 3.05) is 6.61 Å². The molecular formula is C15H28O2S. The summed E-state index contributed by atoms with van der Waals surface area (Å²) in [5, 5.41) is 0.130. The Morgan fingerprint density at radius 1 is 0.889 bits per heavy atom. The lowest BCUT2D eigenvalue weighted by molar-refractivity contribution is -0.112. The van der Waals surface area contributed by atoms with Crippen LogP contribution in [-0.4, -0.2) is 17.4 Å². The number of ether oxygens (including phenoxy) is 1. The lowest BCUT2D eigenvalue weighted by atomic mass is 10.1. The zero-order chi connectivity index (χ0) is 13.6. The van der Waals surface area contributed by atoms with Crippen LogP contribution >= 0.6 is 12.2 Å². The van der Waals surface area contributed by atoms with Crippen LogP contribution in [-0.2, 0) is 9.53 Å². The molecule has 0 saturated heterocycles. The molecule has 2 nitrogen and oxygen atoms in total. The fraction of sp³-hybridized carbons (Fsp3) is 0.867. The number of Topliss-reactive ketones (excluding diaryl/α,β-unsaturated/α-hetero) is 1. The van der Waals surface area contributed by atoms with Crippen molar-refractivity contribution in [3.05, 3.63) is 0 Å². The van der Waals surface area contributed by atoms with E-state index in [1.807, 2.05) is 0 Å². The van der Waals surface area contributed by atoms with Crippen LogP contribution in [0.3, 0.4) is 0 Å². The van der Waals surface area contributed by atoms with Gasteiger partial charge >= 0.3 is 0 Å². The third kappa shape index (κ3) is 12.0. The van der Waals surface area contributed by atoms with Gasteiger partial charge in [0.25, 0.3) is 0 Å². The van der Waals surface area contributed by atoms with Crippen molar-refractivity contribution in [3.63, 3.8) is 0 Å². The first-order chi connectivity index (χ1) is 8.68. The Morgan fingerprint density at radius 3 is 1.78 bits per heavy atom. The Balaban J connectivity index is 3.07. The molecule has 0 fully saturated rings. The maximum atomic E-state index is 10.8. The van der Waals surface area contributed by atoms with Crippen LogP contribution in [0.2, 0.25) is 0 Å². The summed E-state index contributed by atoms with van der Waals surface area (Å²) in [6.07, 6.45) is 13.0. The standard InChI is InChI=1S/C15H28O2S/c1-3-4-5-6-7-8-9-10-11-12-13-17-15(18)14(2)16/h3-13H2,1-2H3. The van der Waals surface area contributed by atoms with Crippen molar-refractivity contribution in [1.29, 1.82) is 0 Å². The highest BCUT2D eigenvalue weighted by atomic mass is 32.1. The first-order valence-corrected chi connectivity index (χ1v) is 7.77. The van der Waals surface area contributed by atoms with Crippen molar-refractivity contribution in [2.45, 2.75) is 78.1 Å². The minimum atomic E-state index is -0.142. The molecule has 0 aromatic rings. The quantitative estimate of drug-likeness (QED) is 0.375. The summed E-state index contributed by atoms with van der Waals surface area (Å²) < 4.78 is 5.16. The predicted molar refractivity (Wildman–Crippen MR) is 81.1 cm³/mol. The maximum Gasteiger partial charge on any atom is 0.227 e. The van der Waals surface area contributed by atoms with Crippen molar-refractivity contribution in [1.82, 2.24) is 0 Å². The number of carbonyl (C=O) groups is 1. The molecule has 0 aliphatic carbocycles. The zero-order valence-corrected chi connectivity index (χ0v) is 12.8. The zero-order valence-electron chi connectivity index (χ0n) is 12.0. The van der Waals surface area contributed by atoms with Gasteiger partial charge in [-0.05, 0) is 18.6 Å². The SMILES string of the molecule is CCCCCCCCCCCCOC(=S)C(C)=O. The Bertz CT molecular complexity index is 227. The minimum absolute atomic E-state index is 0.130. The molecule has 0 rings (SSSR count). The van der Waals surface area contributed by atoms with Gasteiger partial charge in [0.15, 0.2) is 0 Å². The van der Waals surface area contributed by atoms with E-state index in [1.165, 1.54) is 64.7 Å². The number of unbranched alkanes of at least 4 members (excludes halogenated alkanes) is 9. The Labute approximate surface area is 117 Å². The summed E-state index contributed by atoms with van der Waals surface area (Å²) in [4.78, 5) is 10.8. The average Bonchev–Trinajstić information content (AvgIpc) is 2.35. The highest BCUT2D eigenvalue weighted by molar-refractivity contribution is 7.81. The topological polar surface area (TPSA) is 26.3 Å². The smallest absolute Gasteiger partial charge is 0.227 e. The summed E-state index contributed by atoms with van der Waals surface area (Å²) in [5.41, 5.74) is 0. The van der Waals surface area contributed by atoms with E-state index in [1.54, 1.807) is 0 Å². The Kier molecular flexibility index (Phi) is 12.7. The number of ketones is 1. The van der Waals surface area contributed by atoms with Crippen molar-refractivity contribution in [2.24, 2.45) is 0 Å². The summed E-state index contributed by atoms with van der Waals surface area (Å²) in [6.45, 7) is 4.29. The van der Waals surface area contributed by atoms with Gasteiger partial charge in [-0.25, -0.2) is 0 Å². The van der Waals surface area contributed by atoms with E-state index in [-0.39, 0.29) is 10.8 Å². The predicted octanol–water partition coefficient (Wildman–Crippen LogP) is 4.84. The molecule has 0 unspecified atom stereocenters. The molecule has 0 amide bonds. The summed E-state index contributed by atoms with van der Waals surface area (Å²) in [5.74, 6) is -0.142. The third-order valence-electron chi connectivity index (χ3n) is 3.02. The maximum absolute atomic E-state index is 10.8. The van der Waals surface area contributed by atoms with Crippen LogP contribution in [0.1, 0.15) is 78.1 Å². The summed E-state index contributed by atoms with van der Waals surface area (Å²) >= 11 is 4.78. The lowest BCUT2D eigenvalue weighted by Gasteiger charge is -2.04. The van der Waals surface area contributed by atoms with E-state index in [0.29, 0.717) is 6.61 Å². The first-order valence-electron chi connectivity index (χ1n) is 7.36. The molecule has 0 aliphatic rings. The van der Waals surface area contributed by atoms with E-state index < -0.39 is 0 Å². The van der Waals surface area contributed by atoms with Crippen LogP contribution in [0.15, 0.2) is 0 Å². The molecule has 0 aromatic carbocycles. The number of hydrogen-bond donors (Lipinski definition) is 0. The molecule has 18 heavy (non-hydrogen) atoms. The van der Waals surface area contributed by atoms with Gasteiger partial charge in [-0.3, -0.25) is 4.79 Å². The molecule has 0 bridgehead atoms. The van der Waals surface area contributed by atoms with Crippen LogP contribution in [0.4, 0.5) is 0 Å². The van der Waals surface area contributed by atoms with Crippen molar-refractivity contribution >= 4 is 23.1 Å². The molecule has 0 heterocycles. The molecule has 0 aromatic heterocycles. The first kappa shape index (κ1) is 17.6. The van der Waals surface area contributed by atoms with Gasteiger partial charge in [0.05, 0.1) is 6.61 Å². The highest BCUT2D eigenvalue weighted by Crippen LogP contribution is 2.10. The van der Waals surface area contributed by atoms with Gasteiger partial charge in [-0.1, -0.05) is 64.7 Å². The van der Waals surface area contributed by atoms with E-state index >= 15 is 0 Å². The van der Waals surface area contributed by atoms with Crippen molar-refractivity contribution < 1.29 is 9.53 Å². The molecule has 106 valence electrons. The van der Waals surface area contributed by atoms with Gasteiger partial charge in [0, 0.05) is 6.92 Å². The molecule has 0 atom stereocenters. The van der Waals surface area contributed by atoms with Gasteiger partial charge in [-0.15, -0.1) is 0 Å².